The first-order valence-electron chi connectivity index (χ1n) is 11.3. The molecule has 0 unspecified atom stereocenters. The van der Waals surface area contributed by atoms with Crippen molar-refractivity contribution in [3.8, 4) is 17.0 Å². The van der Waals surface area contributed by atoms with Gasteiger partial charge in [0.2, 0.25) is 5.91 Å². The number of rotatable bonds is 9. The minimum Gasteiger partial charge on any atom is -0.494 e. The maximum absolute atomic E-state index is 12.4. The van der Waals surface area contributed by atoms with Crippen molar-refractivity contribution in [1.82, 2.24) is 9.55 Å². The van der Waals surface area contributed by atoms with Crippen molar-refractivity contribution in [3.05, 3.63) is 66.1 Å². The highest BCUT2D eigenvalue weighted by Crippen LogP contribution is 2.24. The van der Waals surface area contributed by atoms with E-state index in [0.717, 1.165) is 42.2 Å². The number of aromatic nitrogens is 2. The van der Waals surface area contributed by atoms with Crippen LogP contribution in [0.2, 0.25) is 0 Å². The van der Waals surface area contributed by atoms with Crippen LogP contribution in [0.15, 0.2) is 54.7 Å². The second-order valence-electron chi connectivity index (χ2n) is 8.11. The molecule has 6 nitrogen and oxygen atoms in total. The Hall–Kier alpha value is -3.41. The molecule has 1 N–H and O–H groups in total. The molecule has 4 rings (SSSR count). The van der Waals surface area contributed by atoms with Crippen molar-refractivity contribution >= 4 is 17.4 Å². The van der Waals surface area contributed by atoms with Crippen LogP contribution >= 0.6 is 0 Å². The highest BCUT2D eigenvalue weighted by Gasteiger charge is 2.14. The number of benzene rings is 2. The molecule has 0 radical (unpaired) electrons. The molecular weight excluding hydrogens is 402 g/mol. The molecule has 0 saturated heterocycles. The normalized spacial score (nSPS) is 12.8. The summed E-state index contributed by atoms with van der Waals surface area (Å²) in [5, 5.41) is 2.87. The zero-order valence-corrected chi connectivity index (χ0v) is 18.5. The Morgan fingerprint density at radius 1 is 1.03 bits per heavy atom. The van der Waals surface area contributed by atoms with Crippen LogP contribution in [0.1, 0.15) is 55.2 Å². The lowest BCUT2D eigenvalue weighted by Gasteiger charge is -2.11. The Morgan fingerprint density at radius 3 is 2.53 bits per heavy atom. The van der Waals surface area contributed by atoms with Crippen LogP contribution in [0, 0.1) is 0 Å². The molecule has 1 amide bonds. The summed E-state index contributed by atoms with van der Waals surface area (Å²) in [5.41, 5.74) is 3.31. The fraction of sp³-hybridized carbons (Fsp3) is 0.346. The van der Waals surface area contributed by atoms with E-state index >= 15 is 0 Å². The van der Waals surface area contributed by atoms with Crippen LogP contribution in [0.4, 0.5) is 5.69 Å². The zero-order chi connectivity index (χ0) is 22.3. The number of imidazole rings is 1. The van der Waals surface area contributed by atoms with Crippen molar-refractivity contribution < 1.29 is 14.3 Å². The molecule has 0 spiro atoms. The summed E-state index contributed by atoms with van der Waals surface area (Å²) >= 11 is 0. The number of carbonyl (C=O) groups excluding carboxylic acids is 2. The number of anilines is 1. The molecule has 0 fully saturated rings. The van der Waals surface area contributed by atoms with Gasteiger partial charge < -0.3 is 14.6 Å². The summed E-state index contributed by atoms with van der Waals surface area (Å²) < 4.78 is 7.77. The van der Waals surface area contributed by atoms with Gasteiger partial charge >= 0.3 is 0 Å². The Balaban J connectivity index is 1.27. The smallest absolute Gasteiger partial charge is 0.224 e. The van der Waals surface area contributed by atoms with Gasteiger partial charge in [-0.3, -0.25) is 9.59 Å². The molecule has 1 aliphatic rings. The van der Waals surface area contributed by atoms with Crippen LogP contribution in [-0.2, 0) is 17.8 Å². The molecule has 1 aromatic heterocycles. The zero-order valence-electron chi connectivity index (χ0n) is 18.5. The molecule has 1 aliphatic heterocycles. The van der Waals surface area contributed by atoms with E-state index in [1.54, 1.807) is 24.3 Å². The fourth-order valence-corrected chi connectivity index (χ4v) is 3.83. The monoisotopic (exact) mass is 431 g/mol. The molecule has 0 atom stereocenters. The van der Waals surface area contributed by atoms with E-state index in [-0.39, 0.29) is 24.5 Å². The molecule has 2 heterocycles. The minimum atomic E-state index is -0.175. The lowest BCUT2D eigenvalue weighted by atomic mass is 10.1. The highest BCUT2D eigenvalue weighted by atomic mass is 16.5. The van der Waals surface area contributed by atoms with Gasteiger partial charge in [0.1, 0.15) is 11.6 Å². The van der Waals surface area contributed by atoms with Gasteiger partial charge in [-0.2, -0.15) is 0 Å². The number of hydrogen-bond donors (Lipinski definition) is 1. The van der Waals surface area contributed by atoms with Gasteiger partial charge in [0.25, 0.3) is 0 Å². The number of hydrogen-bond acceptors (Lipinski definition) is 4. The lowest BCUT2D eigenvalue weighted by Crippen LogP contribution is -2.13. The van der Waals surface area contributed by atoms with E-state index in [9.17, 15) is 9.59 Å². The summed E-state index contributed by atoms with van der Waals surface area (Å²) in [4.78, 5) is 29.4. The largest absolute Gasteiger partial charge is 0.494 e. The molecule has 0 bridgehead atoms. The standard InChI is InChI=1S/C26H29N3O3/c1-2-17-32-22-12-8-20(9-13-22)24(30)14-15-26(31)27-21-10-6-19(7-11-21)23-18-29-16-4-3-5-25(29)28-23/h6-13,18H,2-5,14-17H2,1H3,(H,27,31). The van der Waals surface area contributed by atoms with Crippen molar-refractivity contribution in [1.29, 1.82) is 0 Å². The number of carbonyl (C=O) groups is 2. The van der Waals surface area contributed by atoms with E-state index in [0.29, 0.717) is 17.9 Å². The van der Waals surface area contributed by atoms with Gasteiger partial charge in [-0.25, -0.2) is 4.98 Å². The van der Waals surface area contributed by atoms with Crippen molar-refractivity contribution in [2.75, 3.05) is 11.9 Å². The summed E-state index contributed by atoms with van der Waals surface area (Å²) in [7, 11) is 0. The number of nitrogens with one attached hydrogen (secondary N) is 1. The van der Waals surface area contributed by atoms with Gasteiger partial charge in [-0.15, -0.1) is 0 Å². The van der Waals surface area contributed by atoms with Crippen LogP contribution in [0.5, 0.6) is 5.75 Å². The second kappa shape index (κ2) is 10.3. The van der Waals surface area contributed by atoms with E-state index in [2.05, 4.69) is 16.1 Å². The molecule has 6 heteroatoms. The Kier molecular flexibility index (Phi) is 7.00. The Bertz CT molecular complexity index is 1050. The quantitative estimate of drug-likeness (QED) is 0.468. The van der Waals surface area contributed by atoms with Crippen molar-refractivity contribution in [2.24, 2.45) is 0 Å². The summed E-state index contributed by atoms with van der Waals surface area (Å²) in [6.07, 6.45) is 6.78. The summed E-state index contributed by atoms with van der Waals surface area (Å²) in [5.74, 6) is 1.67. The lowest BCUT2D eigenvalue weighted by molar-refractivity contribution is -0.116. The van der Waals surface area contributed by atoms with Crippen LogP contribution in [0.25, 0.3) is 11.3 Å². The number of aryl methyl sites for hydroxylation is 2. The molecule has 2 aromatic carbocycles. The number of ether oxygens (including phenoxy) is 1. The third-order valence-corrected chi connectivity index (χ3v) is 5.60. The maximum Gasteiger partial charge on any atom is 0.224 e. The fourth-order valence-electron chi connectivity index (χ4n) is 3.83. The van der Waals surface area contributed by atoms with Gasteiger partial charge in [0.15, 0.2) is 5.78 Å². The van der Waals surface area contributed by atoms with Gasteiger partial charge in [0.05, 0.1) is 12.3 Å². The van der Waals surface area contributed by atoms with E-state index in [1.807, 2.05) is 31.2 Å². The molecular formula is C26H29N3O3. The third kappa shape index (κ3) is 5.44. The number of amides is 1. The SMILES string of the molecule is CCCOc1ccc(C(=O)CCC(=O)Nc2ccc(-c3cn4c(n3)CCCC4)cc2)cc1. The third-order valence-electron chi connectivity index (χ3n) is 5.60. The summed E-state index contributed by atoms with van der Waals surface area (Å²) in [6, 6.07) is 14.8. The van der Waals surface area contributed by atoms with Crippen molar-refractivity contribution in [2.45, 2.75) is 52.0 Å². The van der Waals surface area contributed by atoms with Crippen LogP contribution in [0.3, 0.4) is 0 Å². The number of ketones is 1. The topological polar surface area (TPSA) is 73.2 Å². The van der Waals surface area contributed by atoms with Gasteiger partial charge in [-0.05, 0) is 55.7 Å². The molecule has 3 aromatic rings. The average Bonchev–Trinajstić information content (AvgIpc) is 3.26. The van der Waals surface area contributed by atoms with Gasteiger partial charge in [-0.1, -0.05) is 19.1 Å². The molecule has 0 aliphatic carbocycles. The maximum atomic E-state index is 12.4. The predicted molar refractivity (Wildman–Crippen MR) is 125 cm³/mol. The first-order valence-corrected chi connectivity index (χ1v) is 11.3. The van der Waals surface area contributed by atoms with Gasteiger partial charge in [0, 0.05) is 48.8 Å². The molecule has 166 valence electrons. The summed E-state index contributed by atoms with van der Waals surface area (Å²) in [6.45, 7) is 3.73. The number of fused-ring (bicyclic) bond motifs is 1. The Labute approximate surface area is 188 Å². The average molecular weight is 432 g/mol. The first kappa shape index (κ1) is 21.8. The van der Waals surface area contributed by atoms with E-state index in [1.165, 1.54) is 12.8 Å². The first-order chi connectivity index (χ1) is 15.6. The molecule has 32 heavy (non-hydrogen) atoms. The second-order valence-corrected chi connectivity index (χ2v) is 8.11. The predicted octanol–water partition coefficient (Wildman–Crippen LogP) is 5.28. The minimum absolute atomic E-state index is 0.0544. The Morgan fingerprint density at radius 2 is 1.81 bits per heavy atom. The number of nitrogens with zero attached hydrogens (tertiary/aromatic N) is 2. The number of Topliss-reactive ketones (excluding diaryl/α,β-unsaturated/α-hetero) is 1. The van der Waals surface area contributed by atoms with E-state index < -0.39 is 0 Å². The highest BCUT2D eigenvalue weighted by molar-refractivity contribution is 6.00. The van der Waals surface area contributed by atoms with E-state index in [4.69, 9.17) is 9.72 Å². The van der Waals surface area contributed by atoms with Crippen LogP contribution in [-0.4, -0.2) is 27.8 Å². The van der Waals surface area contributed by atoms with Crippen LogP contribution < -0.4 is 10.1 Å². The molecule has 0 saturated carbocycles. The van der Waals surface area contributed by atoms with Crippen molar-refractivity contribution in [3.63, 3.8) is 0 Å².